The first kappa shape index (κ1) is 15.6. The molecule has 0 unspecified atom stereocenters. The van der Waals surface area contributed by atoms with Crippen LogP contribution in [0.4, 0.5) is 4.39 Å². The number of tetrazole rings is 1. The topological polar surface area (TPSA) is 56.5 Å². The summed E-state index contributed by atoms with van der Waals surface area (Å²) in [7, 11) is 0. The third-order valence-electron chi connectivity index (χ3n) is 3.64. The molecule has 4 rings (SSSR count). The van der Waals surface area contributed by atoms with E-state index >= 15 is 0 Å². The van der Waals surface area contributed by atoms with E-state index in [-0.39, 0.29) is 5.82 Å². The van der Waals surface area contributed by atoms with Gasteiger partial charge < -0.3 is 0 Å². The fraction of sp³-hybridized carbons (Fsp3) is 0.111. The molecule has 2 aromatic heterocycles. The summed E-state index contributed by atoms with van der Waals surface area (Å²) in [6.45, 7) is 0.438. The van der Waals surface area contributed by atoms with Crippen LogP contribution in [0.3, 0.4) is 0 Å². The molecule has 0 saturated heterocycles. The van der Waals surface area contributed by atoms with Crippen molar-refractivity contribution in [1.82, 2.24) is 25.2 Å². The maximum Gasteiger partial charge on any atom is 0.205 e. The van der Waals surface area contributed by atoms with Crippen LogP contribution in [0.2, 0.25) is 0 Å². The van der Waals surface area contributed by atoms with Crippen LogP contribution in [0.5, 0.6) is 0 Å². The monoisotopic (exact) mass is 351 g/mol. The maximum atomic E-state index is 13.3. The van der Waals surface area contributed by atoms with Crippen molar-refractivity contribution in [3.05, 3.63) is 82.1 Å². The van der Waals surface area contributed by atoms with Gasteiger partial charge in [0.2, 0.25) is 5.82 Å². The van der Waals surface area contributed by atoms with E-state index in [4.69, 9.17) is 0 Å². The number of halogens is 1. The molecule has 2 aromatic carbocycles. The van der Waals surface area contributed by atoms with Crippen LogP contribution in [-0.4, -0.2) is 25.2 Å². The summed E-state index contributed by atoms with van der Waals surface area (Å²) in [4.78, 5) is 6.10. The molecule has 25 heavy (non-hydrogen) atoms. The van der Waals surface area contributed by atoms with E-state index in [9.17, 15) is 4.39 Å². The molecule has 124 valence electrons. The maximum absolute atomic E-state index is 13.3. The first-order valence-corrected chi connectivity index (χ1v) is 8.65. The summed E-state index contributed by atoms with van der Waals surface area (Å²) >= 11 is 1.62. The van der Waals surface area contributed by atoms with Crippen molar-refractivity contribution in [3.63, 3.8) is 0 Å². The molecule has 0 bridgehead atoms. The van der Waals surface area contributed by atoms with Crippen molar-refractivity contribution in [3.8, 4) is 11.4 Å². The number of thiazole rings is 1. The minimum atomic E-state index is -0.320. The van der Waals surface area contributed by atoms with Gasteiger partial charge in [0, 0.05) is 17.4 Å². The van der Waals surface area contributed by atoms with Crippen LogP contribution in [0.25, 0.3) is 11.4 Å². The summed E-state index contributed by atoms with van der Waals surface area (Å²) in [6, 6.07) is 16.4. The lowest BCUT2D eigenvalue weighted by Crippen LogP contribution is -2.04. The normalized spacial score (nSPS) is 10.9. The van der Waals surface area contributed by atoms with Gasteiger partial charge in [0.05, 0.1) is 10.7 Å². The van der Waals surface area contributed by atoms with Crippen LogP contribution < -0.4 is 0 Å². The van der Waals surface area contributed by atoms with Gasteiger partial charge in [-0.3, -0.25) is 0 Å². The van der Waals surface area contributed by atoms with E-state index < -0.39 is 0 Å². The van der Waals surface area contributed by atoms with Crippen molar-refractivity contribution < 1.29 is 4.39 Å². The van der Waals surface area contributed by atoms with Gasteiger partial charge in [-0.05, 0) is 22.9 Å². The van der Waals surface area contributed by atoms with Crippen molar-refractivity contribution in [2.24, 2.45) is 0 Å². The van der Waals surface area contributed by atoms with Crippen LogP contribution in [0.15, 0.2) is 60.0 Å². The zero-order valence-corrected chi connectivity index (χ0v) is 14.0. The van der Waals surface area contributed by atoms with E-state index in [2.05, 4.69) is 32.5 Å². The highest BCUT2D eigenvalue weighted by atomic mass is 32.1. The summed E-state index contributed by atoms with van der Waals surface area (Å²) in [5, 5.41) is 15.4. The molecule has 0 amide bonds. The fourth-order valence-corrected chi connectivity index (χ4v) is 3.29. The SMILES string of the molecule is Fc1cccc(-c2nnn(Cc3csc(Cc4ccccc4)n3)n2)c1. The second kappa shape index (κ2) is 6.90. The second-order valence-corrected chi connectivity index (χ2v) is 6.49. The molecule has 0 aliphatic carbocycles. The zero-order valence-electron chi connectivity index (χ0n) is 13.2. The summed E-state index contributed by atoms with van der Waals surface area (Å²) in [5.41, 5.74) is 2.73. The van der Waals surface area contributed by atoms with Gasteiger partial charge in [-0.2, -0.15) is 4.80 Å². The Labute approximate surface area is 147 Å². The van der Waals surface area contributed by atoms with E-state index in [1.54, 1.807) is 23.5 Å². The van der Waals surface area contributed by atoms with E-state index in [1.807, 2.05) is 23.6 Å². The third-order valence-corrected chi connectivity index (χ3v) is 4.53. The molecular weight excluding hydrogens is 337 g/mol. The molecular formula is C18H14FN5S. The smallest absolute Gasteiger partial charge is 0.205 e. The molecule has 0 aliphatic rings. The van der Waals surface area contributed by atoms with Crippen molar-refractivity contribution >= 4 is 11.3 Å². The Bertz CT molecular complexity index is 980. The molecule has 0 spiro atoms. The second-order valence-electron chi connectivity index (χ2n) is 5.55. The molecule has 5 nitrogen and oxygen atoms in total. The minimum Gasteiger partial charge on any atom is -0.244 e. The van der Waals surface area contributed by atoms with Gasteiger partial charge in [0.1, 0.15) is 12.4 Å². The molecule has 0 saturated carbocycles. The first-order chi connectivity index (χ1) is 12.3. The standard InChI is InChI=1S/C18H14FN5S/c19-15-8-4-7-14(10-15)18-21-23-24(22-18)11-16-12-25-17(20-16)9-13-5-2-1-3-6-13/h1-8,10,12H,9,11H2. The molecule has 7 heteroatoms. The van der Waals surface area contributed by atoms with Gasteiger partial charge in [-0.25, -0.2) is 9.37 Å². The van der Waals surface area contributed by atoms with Crippen molar-refractivity contribution in [2.75, 3.05) is 0 Å². The Morgan fingerprint density at radius 3 is 2.76 bits per heavy atom. The van der Waals surface area contributed by atoms with Gasteiger partial charge in [-0.15, -0.1) is 21.5 Å². The van der Waals surface area contributed by atoms with Gasteiger partial charge in [0.25, 0.3) is 0 Å². The van der Waals surface area contributed by atoms with E-state index in [0.29, 0.717) is 17.9 Å². The van der Waals surface area contributed by atoms with Crippen molar-refractivity contribution in [2.45, 2.75) is 13.0 Å². The Morgan fingerprint density at radius 1 is 1.04 bits per heavy atom. The van der Waals surface area contributed by atoms with Crippen LogP contribution in [0, 0.1) is 5.82 Å². The molecule has 0 atom stereocenters. The molecule has 4 aromatic rings. The summed E-state index contributed by atoms with van der Waals surface area (Å²) in [6.07, 6.45) is 0.810. The predicted octanol–water partition coefficient (Wildman–Crippen LogP) is 3.57. The lowest BCUT2D eigenvalue weighted by atomic mass is 10.2. The third kappa shape index (κ3) is 3.77. The van der Waals surface area contributed by atoms with E-state index in [1.165, 1.54) is 22.5 Å². The minimum absolute atomic E-state index is 0.320. The summed E-state index contributed by atoms with van der Waals surface area (Å²) in [5.74, 6) is 0.0816. The van der Waals surface area contributed by atoms with Gasteiger partial charge in [-0.1, -0.05) is 42.5 Å². The number of hydrogen-bond donors (Lipinski definition) is 0. The molecule has 0 N–H and O–H groups in total. The molecule has 2 heterocycles. The highest BCUT2D eigenvalue weighted by molar-refractivity contribution is 7.09. The lowest BCUT2D eigenvalue weighted by Gasteiger charge is -1.97. The molecule has 0 radical (unpaired) electrons. The Balaban J connectivity index is 1.46. The number of hydrogen-bond acceptors (Lipinski definition) is 5. The lowest BCUT2D eigenvalue weighted by molar-refractivity contribution is 0.565. The van der Waals surface area contributed by atoms with Crippen LogP contribution >= 0.6 is 11.3 Å². The number of benzene rings is 2. The largest absolute Gasteiger partial charge is 0.244 e. The summed E-state index contributed by atoms with van der Waals surface area (Å²) < 4.78 is 13.3. The van der Waals surface area contributed by atoms with Gasteiger partial charge in [0.15, 0.2) is 0 Å². The predicted molar refractivity (Wildman–Crippen MR) is 93.7 cm³/mol. The Kier molecular flexibility index (Phi) is 4.30. The number of nitrogens with zero attached hydrogens (tertiary/aromatic N) is 5. The zero-order chi connectivity index (χ0) is 17.1. The fourth-order valence-electron chi connectivity index (χ4n) is 2.47. The average molecular weight is 351 g/mol. The van der Waals surface area contributed by atoms with Crippen LogP contribution in [-0.2, 0) is 13.0 Å². The van der Waals surface area contributed by atoms with E-state index in [0.717, 1.165) is 17.1 Å². The first-order valence-electron chi connectivity index (χ1n) is 7.77. The molecule has 0 fully saturated rings. The van der Waals surface area contributed by atoms with Gasteiger partial charge >= 0.3 is 0 Å². The molecule has 0 aliphatic heterocycles. The average Bonchev–Trinajstić information content (AvgIpc) is 3.26. The van der Waals surface area contributed by atoms with Crippen molar-refractivity contribution in [1.29, 1.82) is 0 Å². The highest BCUT2D eigenvalue weighted by Crippen LogP contribution is 2.17. The number of rotatable bonds is 5. The quantitative estimate of drug-likeness (QED) is 0.551. The van der Waals surface area contributed by atoms with Crippen LogP contribution in [0.1, 0.15) is 16.3 Å². The Hall–Kier alpha value is -2.93. The highest BCUT2D eigenvalue weighted by Gasteiger charge is 2.09. The number of aromatic nitrogens is 5. The Morgan fingerprint density at radius 2 is 1.92 bits per heavy atom.